The zero-order chi connectivity index (χ0) is 22.6. The van der Waals surface area contributed by atoms with Gasteiger partial charge in [0, 0.05) is 48.4 Å². The number of benzene rings is 2. The molecular formula is C25H21FN6O. The van der Waals surface area contributed by atoms with Gasteiger partial charge < -0.3 is 5.32 Å². The molecule has 3 heterocycles. The molecule has 2 aromatic heterocycles. The summed E-state index contributed by atoms with van der Waals surface area (Å²) in [5.74, 6) is 0.0358. The van der Waals surface area contributed by atoms with Crippen molar-refractivity contribution in [1.82, 2.24) is 25.1 Å². The standard InChI is InChI=1S/C25H21FN6O/c26-19-9-6-17(7-10-19)23-24(32-15-3-14-29-32)31-21-11-8-18(16-22(21)30-23)25(33)28-13-2-5-20-4-1-12-27-20/h1,3,6-12,14-16H,2,4-5,13H2,(H,28,33). The highest BCUT2D eigenvalue weighted by atomic mass is 19.1. The number of rotatable bonds is 7. The minimum atomic E-state index is -0.330. The average molecular weight is 440 g/mol. The number of carbonyl (C=O) groups is 1. The molecule has 8 heteroatoms. The van der Waals surface area contributed by atoms with Crippen LogP contribution in [0.2, 0.25) is 0 Å². The first kappa shape index (κ1) is 20.7. The fourth-order valence-electron chi connectivity index (χ4n) is 3.70. The lowest BCUT2D eigenvalue weighted by Gasteiger charge is -2.11. The van der Waals surface area contributed by atoms with Crippen LogP contribution in [-0.2, 0) is 0 Å². The average Bonchev–Trinajstić information content (AvgIpc) is 3.56. The third-order valence-electron chi connectivity index (χ3n) is 5.39. The molecule has 0 saturated carbocycles. The van der Waals surface area contributed by atoms with Crippen LogP contribution in [0.4, 0.5) is 4.39 Å². The summed E-state index contributed by atoms with van der Waals surface area (Å²) in [4.78, 5) is 26.5. The van der Waals surface area contributed by atoms with Crippen molar-refractivity contribution in [2.75, 3.05) is 6.54 Å². The molecule has 0 fully saturated rings. The van der Waals surface area contributed by atoms with E-state index in [1.165, 1.54) is 12.1 Å². The van der Waals surface area contributed by atoms with E-state index in [2.05, 4.69) is 15.4 Å². The van der Waals surface area contributed by atoms with E-state index in [1.807, 2.05) is 12.3 Å². The van der Waals surface area contributed by atoms with Crippen molar-refractivity contribution >= 4 is 22.7 Å². The van der Waals surface area contributed by atoms with Crippen LogP contribution in [0.5, 0.6) is 0 Å². The number of halogens is 1. The van der Waals surface area contributed by atoms with Crippen molar-refractivity contribution in [3.8, 4) is 17.1 Å². The summed E-state index contributed by atoms with van der Waals surface area (Å²) in [6.45, 7) is 0.570. The van der Waals surface area contributed by atoms with E-state index in [-0.39, 0.29) is 11.7 Å². The van der Waals surface area contributed by atoms with Gasteiger partial charge in [0.15, 0.2) is 5.82 Å². The summed E-state index contributed by atoms with van der Waals surface area (Å²) in [5.41, 5.74) is 4.12. The summed E-state index contributed by atoms with van der Waals surface area (Å²) < 4.78 is 15.1. The van der Waals surface area contributed by atoms with E-state index in [1.54, 1.807) is 53.5 Å². The second-order valence-corrected chi connectivity index (χ2v) is 7.70. The molecule has 7 nitrogen and oxygen atoms in total. The summed E-state index contributed by atoms with van der Waals surface area (Å²) in [6, 6.07) is 13.1. The van der Waals surface area contributed by atoms with E-state index in [4.69, 9.17) is 9.97 Å². The molecule has 0 unspecified atom stereocenters. The first-order chi connectivity index (χ1) is 16.2. The second-order valence-electron chi connectivity index (χ2n) is 7.70. The molecular weight excluding hydrogens is 419 g/mol. The molecule has 0 spiro atoms. The number of hydrogen-bond donors (Lipinski definition) is 1. The van der Waals surface area contributed by atoms with Crippen LogP contribution in [-0.4, -0.2) is 37.9 Å². The number of carbonyl (C=O) groups excluding carboxylic acids is 1. The number of amides is 1. The Labute approximate surface area is 189 Å². The van der Waals surface area contributed by atoms with Crippen molar-refractivity contribution in [2.45, 2.75) is 19.3 Å². The molecule has 0 atom stereocenters. The van der Waals surface area contributed by atoms with Gasteiger partial charge in [-0.1, -0.05) is 6.08 Å². The summed E-state index contributed by atoms with van der Waals surface area (Å²) in [5, 5.41) is 7.23. The number of hydrogen-bond acceptors (Lipinski definition) is 5. The fourth-order valence-corrected chi connectivity index (χ4v) is 3.70. The van der Waals surface area contributed by atoms with Gasteiger partial charge in [-0.15, -0.1) is 0 Å². The van der Waals surface area contributed by atoms with Gasteiger partial charge in [0.2, 0.25) is 0 Å². The van der Waals surface area contributed by atoms with E-state index >= 15 is 0 Å². The fraction of sp³-hybridized carbons (Fsp3) is 0.160. The predicted octanol–water partition coefficient (Wildman–Crippen LogP) is 4.49. The van der Waals surface area contributed by atoms with Crippen LogP contribution in [0.25, 0.3) is 28.1 Å². The highest BCUT2D eigenvalue weighted by Crippen LogP contribution is 2.26. The van der Waals surface area contributed by atoms with Gasteiger partial charge in [-0.3, -0.25) is 9.79 Å². The Morgan fingerprint density at radius 3 is 2.73 bits per heavy atom. The maximum atomic E-state index is 13.5. The molecule has 4 aromatic rings. The number of nitrogens with one attached hydrogen (secondary N) is 1. The number of aliphatic imine (C=N–C) groups is 1. The molecule has 2 aromatic carbocycles. The normalized spacial score (nSPS) is 12.8. The van der Waals surface area contributed by atoms with Crippen LogP contribution in [0.15, 0.2) is 78.2 Å². The van der Waals surface area contributed by atoms with Gasteiger partial charge in [0.05, 0.1) is 11.0 Å². The van der Waals surface area contributed by atoms with Crippen LogP contribution in [0.3, 0.4) is 0 Å². The quantitative estimate of drug-likeness (QED) is 0.429. The van der Waals surface area contributed by atoms with Gasteiger partial charge >= 0.3 is 0 Å². The second kappa shape index (κ2) is 9.12. The van der Waals surface area contributed by atoms with Gasteiger partial charge in [-0.25, -0.2) is 19.0 Å². The highest BCUT2D eigenvalue weighted by Gasteiger charge is 2.15. The lowest BCUT2D eigenvalue weighted by molar-refractivity contribution is 0.0953. The van der Waals surface area contributed by atoms with Gasteiger partial charge in [0.1, 0.15) is 11.5 Å². The van der Waals surface area contributed by atoms with E-state index in [0.29, 0.717) is 40.2 Å². The van der Waals surface area contributed by atoms with Crippen LogP contribution in [0.1, 0.15) is 29.6 Å². The Morgan fingerprint density at radius 2 is 1.97 bits per heavy atom. The van der Waals surface area contributed by atoms with Crippen molar-refractivity contribution in [3.05, 3.63) is 84.6 Å². The van der Waals surface area contributed by atoms with Crippen LogP contribution in [0, 0.1) is 5.82 Å². The third kappa shape index (κ3) is 4.55. The molecule has 0 saturated heterocycles. The zero-order valence-corrected chi connectivity index (χ0v) is 17.8. The first-order valence-electron chi connectivity index (χ1n) is 10.7. The molecule has 1 aliphatic rings. The molecule has 1 N–H and O–H groups in total. The Kier molecular flexibility index (Phi) is 5.72. The van der Waals surface area contributed by atoms with Crippen molar-refractivity contribution in [3.63, 3.8) is 0 Å². The lowest BCUT2D eigenvalue weighted by atomic mass is 10.1. The Hall–Kier alpha value is -4.20. The number of allylic oxidation sites excluding steroid dienone is 1. The Balaban J connectivity index is 1.41. The minimum absolute atomic E-state index is 0.162. The molecule has 164 valence electrons. The summed E-state index contributed by atoms with van der Waals surface area (Å²) >= 11 is 0. The van der Waals surface area contributed by atoms with E-state index < -0.39 is 0 Å². The first-order valence-corrected chi connectivity index (χ1v) is 10.7. The summed E-state index contributed by atoms with van der Waals surface area (Å²) in [7, 11) is 0. The monoisotopic (exact) mass is 440 g/mol. The maximum Gasteiger partial charge on any atom is 0.251 e. The Bertz CT molecular complexity index is 1360. The number of aromatic nitrogens is 4. The molecule has 1 amide bonds. The maximum absolute atomic E-state index is 13.5. The topological polar surface area (TPSA) is 85.1 Å². The van der Waals surface area contributed by atoms with Crippen LogP contribution < -0.4 is 5.32 Å². The van der Waals surface area contributed by atoms with Gasteiger partial charge in [0.25, 0.3) is 5.91 Å². The molecule has 1 aliphatic heterocycles. The smallest absolute Gasteiger partial charge is 0.251 e. The largest absolute Gasteiger partial charge is 0.352 e. The van der Waals surface area contributed by atoms with Crippen molar-refractivity contribution in [1.29, 1.82) is 0 Å². The predicted molar refractivity (Wildman–Crippen MR) is 125 cm³/mol. The third-order valence-corrected chi connectivity index (χ3v) is 5.39. The lowest BCUT2D eigenvalue weighted by Crippen LogP contribution is -2.24. The van der Waals surface area contributed by atoms with Gasteiger partial charge in [-0.05, 0) is 61.4 Å². The molecule has 5 rings (SSSR count). The Morgan fingerprint density at radius 1 is 1.09 bits per heavy atom. The molecule has 0 radical (unpaired) electrons. The van der Waals surface area contributed by atoms with E-state index in [9.17, 15) is 9.18 Å². The van der Waals surface area contributed by atoms with E-state index in [0.717, 1.165) is 25.0 Å². The number of fused-ring (bicyclic) bond motifs is 1. The molecule has 33 heavy (non-hydrogen) atoms. The van der Waals surface area contributed by atoms with Gasteiger partial charge in [-0.2, -0.15) is 5.10 Å². The molecule has 0 bridgehead atoms. The summed E-state index contributed by atoms with van der Waals surface area (Å²) in [6.07, 6.45) is 9.88. The SMILES string of the molecule is O=C(NCCCC1=NC=CC1)c1ccc2nc(-n3cccn3)c(-c3ccc(F)cc3)nc2c1. The molecule has 0 aliphatic carbocycles. The zero-order valence-electron chi connectivity index (χ0n) is 17.8. The van der Waals surface area contributed by atoms with Crippen molar-refractivity contribution in [2.24, 2.45) is 4.99 Å². The van der Waals surface area contributed by atoms with Crippen molar-refractivity contribution < 1.29 is 9.18 Å². The number of nitrogens with zero attached hydrogens (tertiary/aromatic N) is 5. The minimum Gasteiger partial charge on any atom is -0.352 e. The van der Waals surface area contributed by atoms with Crippen LogP contribution >= 0.6 is 0 Å². The highest BCUT2D eigenvalue weighted by molar-refractivity contribution is 5.97.